The number of anilines is 1. The third kappa shape index (κ3) is 8.72. The van der Waals surface area contributed by atoms with Crippen LogP contribution >= 0.6 is 0 Å². The molecule has 0 saturated carbocycles. The van der Waals surface area contributed by atoms with E-state index in [-0.39, 0.29) is 5.78 Å². The van der Waals surface area contributed by atoms with Crippen LogP contribution in [-0.2, 0) is 0 Å². The van der Waals surface area contributed by atoms with Crippen molar-refractivity contribution >= 4 is 11.5 Å². The number of ether oxygens (including phenoxy) is 1. The summed E-state index contributed by atoms with van der Waals surface area (Å²) in [5, 5.41) is 3.06. The maximum Gasteiger partial charge on any atom is 0.193 e. The normalized spacial score (nSPS) is 10.7. The van der Waals surface area contributed by atoms with Crippen LogP contribution in [0.5, 0.6) is 5.75 Å². The van der Waals surface area contributed by atoms with Gasteiger partial charge in [0.15, 0.2) is 5.78 Å². The second-order valence-corrected chi connectivity index (χ2v) is 7.71. The van der Waals surface area contributed by atoms with Crippen molar-refractivity contribution in [1.82, 2.24) is 0 Å². The minimum absolute atomic E-state index is 0.0360. The molecule has 0 bridgehead atoms. The molecule has 0 fully saturated rings. The molecule has 0 heterocycles. The van der Waals surface area contributed by atoms with Crippen molar-refractivity contribution in [3.63, 3.8) is 0 Å². The van der Waals surface area contributed by atoms with E-state index in [1.807, 2.05) is 55.6 Å². The molecule has 2 aromatic rings. The highest BCUT2D eigenvalue weighted by Crippen LogP contribution is 2.18. The highest BCUT2D eigenvalue weighted by molar-refractivity contribution is 6.09. The van der Waals surface area contributed by atoms with Crippen molar-refractivity contribution in [3.8, 4) is 5.75 Å². The number of nitrogens with one attached hydrogen (secondary N) is 1. The standard InChI is InChI=1S/C26H37NO2/c1-3-4-5-6-7-8-9-10-11-12-21-29-25-19-15-23(16-20-25)26(28)22-13-17-24(27-2)18-14-22/h13-20,27H,3-12,21H2,1-2H3. The summed E-state index contributed by atoms with van der Waals surface area (Å²) in [6.07, 6.45) is 13.2. The van der Waals surface area contributed by atoms with Gasteiger partial charge in [0.25, 0.3) is 0 Å². The SMILES string of the molecule is CCCCCCCCCCCCOc1ccc(C(=O)c2ccc(NC)cc2)cc1. The summed E-state index contributed by atoms with van der Waals surface area (Å²) >= 11 is 0. The lowest BCUT2D eigenvalue weighted by Gasteiger charge is -2.08. The summed E-state index contributed by atoms with van der Waals surface area (Å²) in [5.41, 5.74) is 2.38. The van der Waals surface area contributed by atoms with Crippen molar-refractivity contribution in [2.24, 2.45) is 0 Å². The van der Waals surface area contributed by atoms with Gasteiger partial charge >= 0.3 is 0 Å². The third-order valence-corrected chi connectivity index (χ3v) is 5.32. The van der Waals surface area contributed by atoms with Gasteiger partial charge in [0.05, 0.1) is 6.61 Å². The summed E-state index contributed by atoms with van der Waals surface area (Å²) in [7, 11) is 1.87. The molecule has 29 heavy (non-hydrogen) atoms. The van der Waals surface area contributed by atoms with E-state index in [1.165, 1.54) is 57.8 Å². The fourth-order valence-corrected chi connectivity index (χ4v) is 3.44. The summed E-state index contributed by atoms with van der Waals surface area (Å²) in [5.74, 6) is 0.872. The number of unbranched alkanes of at least 4 members (excludes halogenated alkanes) is 9. The van der Waals surface area contributed by atoms with E-state index in [0.29, 0.717) is 11.1 Å². The summed E-state index contributed by atoms with van der Waals surface area (Å²) in [6, 6.07) is 15.0. The number of hydrogen-bond acceptors (Lipinski definition) is 3. The number of rotatable bonds is 15. The lowest BCUT2D eigenvalue weighted by molar-refractivity contribution is 0.103. The van der Waals surface area contributed by atoms with E-state index in [0.717, 1.165) is 24.5 Å². The average Bonchev–Trinajstić information content (AvgIpc) is 2.77. The first kappa shape index (κ1) is 23.0. The van der Waals surface area contributed by atoms with Crippen molar-refractivity contribution in [2.75, 3.05) is 19.0 Å². The van der Waals surface area contributed by atoms with Gasteiger partial charge in [-0.25, -0.2) is 0 Å². The Labute approximate surface area is 176 Å². The van der Waals surface area contributed by atoms with Gasteiger partial charge in [-0.3, -0.25) is 4.79 Å². The molecule has 158 valence electrons. The second kappa shape index (κ2) is 13.8. The minimum atomic E-state index is 0.0360. The average molecular weight is 396 g/mol. The minimum Gasteiger partial charge on any atom is -0.494 e. The van der Waals surface area contributed by atoms with Crippen LogP contribution in [0, 0.1) is 0 Å². The summed E-state index contributed by atoms with van der Waals surface area (Å²) in [4.78, 5) is 12.6. The van der Waals surface area contributed by atoms with Gasteiger partial charge in [-0.05, 0) is 55.0 Å². The van der Waals surface area contributed by atoms with Crippen LogP contribution in [0.2, 0.25) is 0 Å². The van der Waals surface area contributed by atoms with Crippen LogP contribution in [0.3, 0.4) is 0 Å². The van der Waals surface area contributed by atoms with Crippen LogP contribution in [0.1, 0.15) is 87.1 Å². The van der Waals surface area contributed by atoms with Gasteiger partial charge in [0.1, 0.15) is 5.75 Å². The van der Waals surface area contributed by atoms with E-state index in [2.05, 4.69) is 12.2 Å². The first-order chi connectivity index (χ1) is 14.2. The molecular weight excluding hydrogens is 358 g/mol. The molecule has 0 aliphatic carbocycles. The monoisotopic (exact) mass is 395 g/mol. The maximum absolute atomic E-state index is 12.6. The molecule has 0 saturated heterocycles. The van der Waals surface area contributed by atoms with Crippen LogP contribution in [0.15, 0.2) is 48.5 Å². The zero-order valence-electron chi connectivity index (χ0n) is 18.2. The highest BCUT2D eigenvalue weighted by atomic mass is 16.5. The van der Waals surface area contributed by atoms with Crippen LogP contribution in [-0.4, -0.2) is 19.4 Å². The van der Waals surface area contributed by atoms with E-state index < -0.39 is 0 Å². The maximum atomic E-state index is 12.6. The van der Waals surface area contributed by atoms with Crippen molar-refractivity contribution in [3.05, 3.63) is 59.7 Å². The van der Waals surface area contributed by atoms with Crippen molar-refractivity contribution in [2.45, 2.75) is 71.1 Å². The number of hydrogen-bond donors (Lipinski definition) is 1. The first-order valence-electron chi connectivity index (χ1n) is 11.3. The second-order valence-electron chi connectivity index (χ2n) is 7.71. The predicted octanol–water partition coefficient (Wildman–Crippen LogP) is 7.26. The third-order valence-electron chi connectivity index (χ3n) is 5.32. The Morgan fingerprint density at radius 3 is 1.72 bits per heavy atom. The van der Waals surface area contributed by atoms with Gasteiger partial charge in [0.2, 0.25) is 0 Å². The molecule has 0 unspecified atom stereocenters. The molecule has 0 atom stereocenters. The molecule has 0 aliphatic heterocycles. The molecule has 0 spiro atoms. The largest absolute Gasteiger partial charge is 0.494 e. The molecule has 3 heteroatoms. The Balaban J connectivity index is 1.61. The smallest absolute Gasteiger partial charge is 0.193 e. The van der Waals surface area contributed by atoms with Gasteiger partial charge in [-0.2, -0.15) is 0 Å². The zero-order valence-corrected chi connectivity index (χ0v) is 18.2. The molecule has 1 N–H and O–H groups in total. The summed E-state index contributed by atoms with van der Waals surface area (Å²) in [6.45, 7) is 3.01. The number of carbonyl (C=O) groups excluding carboxylic acids is 1. The Morgan fingerprint density at radius 1 is 0.724 bits per heavy atom. The summed E-state index contributed by atoms with van der Waals surface area (Å²) < 4.78 is 5.83. The Bertz CT molecular complexity index is 692. The topological polar surface area (TPSA) is 38.3 Å². The van der Waals surface area contributed by atoms with Crippen LogP contribution in [0.4, 0.5) is 5.69 Å². The molecule has 0 amide bonds. The van der Waals surface area contributed by atoms with Crippen LogP contribution in [0.25, 0.3) is 0 Å². The fraction of sp³-hybridized carbons (Fsp3) is 0.500. The van der Waals surface area contributed by atoms with Crippen molar-refractivity contribution < 1.29 is 9.53 Å². The number of ketones is 1. The molecule has 0 aliphatic rings. The molecule has 0 radical (unpaired) electrons. The number of benzene rings is 2. The molecule has 2 aromatic carbocycles. The first-order valence-corrected chi connectivity index (χ1v) is 11.3. The Morgan fingerprint density at radius 2 is 1.21 bits per heavy atom. The predicted molar refractivity (Wildman–Crippen MR) is 123 cm³/mol. The van der Waals surface area contributed by atoms with E-state index in [4.69, 9.17) is 4.74 Å². The Kier molecular flexibility index (Phi) is 11.0. The molecular formula is C26H37NO2. The van der Waals surface area contributed by atoms with Crippen LogP contribution < -0.4 is 10.1 Å². The van der Waals surface area contributed by atoms with Crippen molar-refractivity contribution in [1.29, 1.82) is 0 Å². The van der Waals surface area contributed by atoms with Gasteiger partial charge in [-0.15, -0.1) is 0 Å². The molecule has 3 nitrogen and oxygen atoms in total. The van der Waals surface area contributed by atoms with E-state index >= 15 is 0 Å². The van der Waals surface area contributed by atoms with E-state index in [1.54, 1.807) is 0 Å². The van der Waals surface area contributed by atoms with E-state index in [9.17, 15) is 4.79 Å². The quantitative estimate of drug-likeness (QED) is 0.255. The molecule has 0 aromatic heterocycles. The van der Waals surface area contributed by atoms with Gasteiger partial charge in [-0.1, -0.05) is 64.7 Å². The Hall–Kier alpha value is -2.29. The zero-order chi connectivity index (χ0) is 20.7. The lowest BCUT2D eigenvalue weighted by atomic mass is 10.0. The van der Waals surface area contributed by atoms with Gasteiger partial charge < -0.3 is 10.1 Å². The lowest BCUT2D eigenvalue weighted by Crippen LogP contribution is -2.02. The molecule has 2 rings (SSSR count). The fourth-order valence-electron chi connectivity index (χ4n) is 3.44. The number of carbonyl (C=O) groups is 1. The van der Waals surface area contributed by atoms with Gasteiger partial charge in [0, 0.05) is 23.9 Å². The highest BCUT2D eigenvalue weighted by Gasteiger charge is 2.09.